The number of aliphatic hydroxyl groups excluding tert-OH is 1. The molecule has 20 heavy (non-hydrogen) atoms. The summed E-state index contributed by atoms with van der Waals surface area (Å²) in [5.74, 6) is 0.229. The maximum Gasteiger partial charge on any atom is 0.333 e. The van der Waals surface area contributed by atoms with E-state index in [1.807, 2.05) is 20.8 Å². The molecule has 0 heterocycles. The third-order valence-corrected chi connectivity index (χ3v) is 2.97. The van der Waals surface area contributed by atoms with Crippen molar-refractivity contribution in [2.24, 2.45) is 5.41 Å². The summed E-state index contributed by atoms with van der Waals surface area (Å²) in [6, 6.07) is 4.85. The van der Waals surface area contributed by atoms with Crippen molar-refractivity contribution in [3.8, 4) is 5.75 Å². The normalized spacial score (nSPS) is 12.8. The molecule has 0 radical (unpaired) electrons. The molecule has 0 amide bonds. The summed E-state index contributed by atoms with van der Waals surface area (Å²) in [5.41, 5.74) is -0.0426. The number of nitrogens with one attached hydrogen (secondary N) is 1. The van der Waals surface area contributed by atoms with Gasteiger partial charge in [0.1, 0.15) is 5.69 Å². The average Bonchev–Trinajstić information content (AvgIpc) is 2.34. The van der Waals surface area contributed by atoms with E-state index in [9.17, 15) is 15.2 Å². The monoisotopic (exact) mass is 282 g/mol. The van der Waals surface area contributed by atoms with E-state index in [1.165, 1.54) is 0 Å². The fourth-order valence-corrected chi connectivity index (χ4v) is 1.64. The highest BCUT2D eigenvalue weighted by Crippen LogP contribution is 2.35. The number of aliphatic hydroxyl groups is 1. The number of nitro benzene ring substituents is 1. The van der Waals surface area contributed by atoms with Gasteiger partial charge >= 0.3 is 5.69 Å². The van der Waals surface area contributed by atoms with Gasteiger partial charge < -0.3 is 15.2 Å². The van der Waals surface area contributed by atoms with Crippen LogP contribution in [0.3, 0.4) is 0 Å². The minimum absolute atomic E-state index is 0.101. The molecule has 112 valence electrons. The molecule has 1 unspecified atom stereocenters. The van der Waals surface area contributed by atoms with Gasteiger partial charge in [-0.1, -0.05) is 26.8 Å². The number of benzene rings is 1. The van der Waals surface area contributed by atoms with Crippen molar-refractivity contribution in [2.45, 2.75) is 33.8 Å². The van der Waals surface area contributed by atoms with Crippen LogP contribution in [0.2, 0.25) is 0 Å². The van der Waals surface area contributed by atoms with Crippen molar-refractivity contribution in [1.82, 2.24) is 0 Å². The van der Waals surface area contributed by atoms with Crippen LogP contribution in [-0.4, -0.2) is 29.3 Å². The molecule has 0 bridgehead atoms. The highest BCUT2D eigenvalue weighted by molar-refractivity contribution is 5.68. The first-order chi connectivity index (χ1) is 9.27. The summed E-state index contributed by atoms with van der Waals surface area (Å²) in [7, 11) is 0. The number of nitro groups is 1. The van der Waals surface area contributed by atoms with Gasteiger partial charge in [0.25, 0.3) is 0 Å². The topological polar surface area (TPSA) is 84.6 Å². The first kappa shape index (κ1) is 16.2. The fourth-order valence-electron chi connectivity index (χ4n) is 1.64. The second-order valence-corrected chi connectivity index (χ2v) is 5.61. The Morgan fingerprint density at radius 1 is 1.45 bits per heavy atom. The quantitative estimate of drug-likeness (QED) is 0.619. The molecule has 0 aromatic heterocycles. The fraction of sp³-hybridized carbons (Fsp3) is 0.571. The van der Waals surface area contributed by atoms with Gasteiger partial charge in [0.15, 0.2) is 5.75 Å². The van der Waals surface area contributed by atoms with Crippen LogP contribution in [0.15, 0.2) is 18.2 Å². The molecule has 1 aromatic carbocycles. The van der Waals surface area contributed by atoms with Crippen LogP contribution in [-0.2, 0) is 0 Å². The summed E-state index contributed by atoms with van der Waals surface area (Å²) < 4.78 is 5.27. The Balaban J connectivity index is 2.95. The van der Waals surface area contributed by atoms with Crippen LogP contribution in [0.5, 0.6) is 5.75 Å². The van der Waals surface area contributed by atoms with Crippen molar-refractivity contribution in [3.05, 3.63) is 28.3 Å². The van der Waals surface area contributed by atoms with Gasteiger partial charge in [0.2, 0.25) is 0 Å². The largest absolute Gasteiger partial charge is 0.487 e. The minimum atomic E-state index is -0.613. The van der Waals surface area contributed by atoms with Crippen LogP contribution in [0.4, 0.5) is 11.4 Å². The number of nitrogens with zero attached hydrogens (tertiary/aromatic N) is 1. The molecule has 0 aliphatic carbocycles. The van der Waals surface area contributed by atoms with Gasteiger partial charge in [-0.15, -0.1) is 0 Å². The lowest BCUT2D eigenvalue weighted by Crippen LogP contribution is -2.33. The Kier molecular flexibility index (Phi) is 5.33. The second-order valence-electron chi connectivity index (χ2n) is 5.61. The summed E-state index contributed by atoms with van der Waals surface area (Å²) in [6.07, 6.45) is -0.613. The lowest BCUT2D eigenvalue weighted by Gasteiger charge is -2.26. The molecule has 0 saturated carbocycles. The molecule has 1 atom stereocenters. The molecule has 0 spiro atoms. The van der Waals surface area contributed by atoms with E-state index in [0.717, 1.165) is 0 Å². The van der Waals surface area contributed by atoms with E-state index in [-0.39, 0.29) is 23.4 Å². The zero-order valence-corrected chi connectivity index (χ0v) is 12.3. The van der Waals surface area contributed by atoms with Gasteiger partial charge in [0.05, 0.1) is 17.6 Å². The van der Waals surface area contributed by atoms with Crippen LogP contribution >= 0.6 is 0 Å². The van der Waals surface area contributed by atoms with Crippen molar-refractivity contribution in [2.75, 3.05) is 18.5 Å². The molecule has 6 nitrogen and oxygen atoms in total. The first-order valence-corrected chi connectivity index (χ1v) is 6.59. The third kappa shape index (κ3) is 4.09. The number of rotatable bonds is 6. The second kappa shape index (κ2) is 6.56. The highest BCUT2D eigenvalue weighted by atomic mass is 16.6. The molecular formula is C14H22N2O4. The Morgan fingerprint density at radius 3 is 2.60 bits per heavy atom. The predicted molar refractivity (Wildman–Crippen MR) is 78.2 cm³/mol. The molecule has 1 aromatic rings. The Morgan fingerprint density at radius 2 is 2.10 bits per heavy atom. The molecule has 2 N–H and O–H groups in total. The average molecular weight is 282 g/mol. The van der Waals surface area contributed by atoms with Crippen molar-refractivity contribution in [1.29, 1.82) is 0 Å². The van der Waals surface area contributed by atoms with Crippen molar-refractivity contribution >= 4 is 11.4 Å². The van der Waals surface area contributed by atoms with E-state index >= 15 is 0 Å². The van der Waals surface area contributed by atoms with E-state index < -0.39 is 11.0 Å². The smallest absolute Gasteiger partial charge is 0.333 e. The number of hydrogen-bond acceptors (Lipinski definition) is 5. The maximum atomic E-state index is 11.2. The summed E-state index contributed by atoms with van der Waals surface area (Å²) in [4.78, 5) is 10.7. The van der Waals surface area contributed by atoms with E-state index in [4.69, 9.17) is 4.74 Å². The summed E-state index contributed by atoms with van der Waals surface area (Å²) in [5, 5.41) is 24.1. The molecule has 6 heteroatoms. The molecular weight excluding hydrogens is 260 g/mol. The van der Waals surface area contributed by atoms with Gasteiger partial charge in [-0.05, 0) is 24.5 Å². The van der Waals surface area contributed by atoms with Gasteiger partial charge in [-0.2, -0.15) is 0 Å². The highest BCUT2D eigenvalue weighted by Gasteiger charge is 2.25. The third-order valence-electron chi connectivity index (χ3n) is 2.97. The molecule has 0 aliphatic heterocycles. The molecule has 0 saturated heterocycles. The van der Waals surface area contributed by atoms with E-state index in [1.54, 1.807) is 25.1 Å². The van der Waals surface area contributed by atoms with Crippen LogP contribution < -0.4 is 10.1 Å². The van der Waals surface area contributed by atoms with Gasteiger partial charge in [-0.25, -0.2) is 0 Å². The maximum absolute atomic E-state index is 11.2. The van der Waals surface area contributed by atoms with E-state index in [0.29, 0.717) is 12.3 Å². The lowest BCUT2D eigenvalue weighted by atomic mass is 9.89. The number of anilines is 1. The number of ether oxygens (including phenoxy) is 1. The Labute approximate surface area is 118 Å². The lowest BCUT2D eigenvalue weighted by molar-refractivity contribution is -0.384. The van der Waals surface area contributed by atoms with Gasteiger partial charge in [-0.3, -0.25) is 10.1 Å². The van der Waals surface area contributed by atoms with Gasteiger partial charge in [0, 0.05) is 6.54 Å². The predicted octanol–water partition coefficient (Wildman–Crippen LogP) is 2.81. The molecule has 0 fully saturated rings. The Hall–Kier alpha value is -1.82. The van der Waals surface area contributed by atoms with Crippen molar-refractivity contribution < 1.29 is 14.8 Å². The van der Waals surface area contributed by atoms with Crippen molar-refractivity contribution in [3.63, 3.8) is 0 Å². The standard InChI is InChI=1S/C14H22N2O4/c1-5-20-11-8-6-7-10(13(11)16(18)19)15-9-12(17)14(2,3)4/h6-8,12,15,17H,5,9H2,1-4H3. The SMILES string of the molecule is CCOc1cccc(NCC(O)C(C)(C)C)c1[N+](=O)[O-]. The van der Waals surface area contributed by atoms with Crippen LogP contribution in [0, 0.1) is 15.5 Å². The minimum Gasteiger partial charge on any atom is -0.487 e. The summed E-state index contributed by atoms with van der Waals surface area (Å²) in [6.45, 7) is 8.08. The van der Waals surface area contributed by atoms with E-state index in [2.05, 4.69) is 5.32 Å². The van der Waals surface area contributed by atoms with Crippen LogP contribution in [0.1, 0.15) is 27.7 Å². The Bertz CT molecular complexity index is 469. The first-order valence-electron chi connectivity index (χ1n) is 6.59. The number of hydrogen-bond donors (Lipinski definition) is 2. The molecule has 0 aliphatic rings. The zero-order chi connectivity index (χ0) is 15.3. The summed E-state index contributed by atoms with van der Waals surface area (Å²) >= 11 is 0. The van der Waals surface area contributed by atoms with Crippen LogP contribution in [0.25, 0.3) is 0 Å². The number of para-hydroxylation sites is 1. The zero-order valence-electron chi connectivity index (χ0n) is 12.3. The molecule has 1 rings (SSSR count).